The Morgan fingerprint density at radius 1 is 1.24 bits per heavy atom. The van der Waals surface area contributed by atoms with Gasteiger partial charge in [0.25, 0.3) is 0 Å². The summed E-state index contributed by atoms with van der Waals surface area (Å²) in [6, 6.07) is 6.99. The zero-order valence-electron chi connectivity index (χ0n) is 11.6. The Morgan fingerprint density at radius 2 is 1.86 bits per heavy atom. The summed E-state index contributed by atoms with van der Waals surface area (Å²) in [4.78, 5) is 4.22. The summed E-state index contributed by atoms with van der Waals surface area (Å²) in [6.07, 6.45) is -6.75. The number of fused-ring (bicyclic) bond motifs is 1. The van der Waals surface area contributed by atoms with Gasteiger partial charge in [-0.05, 0) is 11.5 Å². The largest absolute Gasteiger partial charge is 0.411 e. The van der Waals surface area contributed by atoms with Crippen LogP contribution in [0.2, 0.25) is 0 Å². The maximum atomic E-state index is 12.4. The van der Waals surface area contributed by atoms with Gasteiger partial charge in [0.2, 0.25) is 6.29 Å². The molecule has 0 fully saturated rings. The van der Waals surface area contributed by atoms with Gasteiger partial charge in [0, 0.05) is 11.5 Å². The topological polar surface area (TPSA) is 47.9 Å². The van der Waals surface area contributed by atoms with E-state index in [4.69, 9.17) is 14.7 Å². The van der Waals surface area contributed by atoms with Gasteiger partial charge in [0.15, 0.2) is 6.29 Å². The maximum Gasteiger partial charge on any atom is 0.411 e. The molecule has 1 aliphatic rings. The van der Waals surface area contributed by atoms with Gasteiger partial charge in [-0.3, -0.25) is 0 Å². The molecule has 0 radical (unpaired) electrons. The summed E-state index contributed by atoms with van der Waals surface area (Å²) in [5.74, 6) is -0.390. The van der Waals surface area contributed by atoms with Crippen LogP contribution in [-0.2, 0) is 14.4 Å². The number of hydrogen-bond donors (Lipinski definition) is 1. The Labute approximate surface area is 120 Å². The fourth-order valence-corrected chi connectivity index (χ4v) is 2.53. The van der Waals surface area contributed by atoms with Crippen LogP contribution < -0.4 is 0 Å². The zero-order chi connectivity index (χ0) is 15.6. The summed E-state index contributed by atoms with van der Waals surface area (Å²) < 4.78 is 47.3. The molecule has 7 heteroatoms. The Hall–Kier alpha value is -1.15. The van der Waals surface area contributed by atoms with Crippen molar-refractivity contribution in [2.45, 2.75) is 38.5 Å². The molecular weight excluding hydrogens is 289 g/mol. The van der Waals surface area contributed by atoms with Gasteiger partial charge in [-0.2, -0.15) is 13.2 Å². The molecule has 0 saturated heterocycles. The van der Waals surface area contributed by atoms with Gasteiger partial charge in [0.05, 0.1) is 0 Å². The predicted molar refractivity (Wildman–Crippen MR) is 67.4 cm³/mol. The molecule has 1 aliphatic heterocycles. The standard InChI is InChI=1S/C14H17F3O4/c1-8(2)11-9-5-3-4-6-10(9)12(21-18)20-13(11)19-7-14(15,16)17/h3-6,8,11-13,18H,7H2,1-2H3. The zero-order valence-corrected chi connectivity index (χ0v) is 11.6. The molecule has 3 atom stereocenters. The van der Waals surface area contributed by atoms with E-state index in [0.717, 1.165) is 5.56 Å². The van der Waals surface area contributed by atoms with Crippen molar-refractivity contribution in [3.63, 3.8) is 0 Å². The van der Waals surface area contributed by atoms with E-state index in [1.165, 1.54) is 0 Å². The summed E-state index contributed by atoms with van der Waals surface area (Å²) in [5, 5.41) is 8.91. The van der Waals surface area contributed by atoms with Crippen LogP contribution in [0.15, 0.2) is 24.3 Å². The average molecular weight is 306 g/mol. The lowest BCUT2D eigenvalue weighted by atomic mass is 9.83. The minimum absolute atomic E-state index is 0.0102. The summed E-state index contributed by atoms with van der Waals surface area (Å²) >= 11 is 0. The third-order valence-electron chi connectivity index (χ3n) is 3.39. The first-order chi connectivity index (χ1) is 9.83. The number of halogens is 3. The van der Waals surface area contributed by atoms with Crippen molar-refractivity contribution in [2.75, 3.05) is 6.61 Å². The molecule has 0 saturated carbocycles. The fourth-order valence-electron chi connectivity index (χ4n) is 2.53. The van der Waals surface area contributed by atoms with Crippen LogP contribution in [0, 0.1) is 5.92 Å². The van der Waals surface area contributed by atoms with Crippen molar-refractivity contribution in [3.8, 4) is 0 Å². The van der Waals surface area contributed by atoms with E-state index in [9.17, 15) is 13.2 Å². The quantitative estimate of drug-likeness (QED) is 0.678. The molecule has 0 aliphatic carbocycles. The van der Waals surface area contributed by atoms with E-state index < -0.39 is 25.4 Å². The van der Waals surface area contributed by atoms with Crippen LogP contribution in [0.5, 0.6) is 0 Å². The van der Waals surface area contributed by atoms with Crippen LogP contribution in [0.1, 0.15) is 37.2 Å². The monoisotopic (exact) mass is 306 g/mol. The molecule has 1 heterocycles. The smallest absolute Gasteiger partial charge is 0.342 e. The molecule has 3 unspecified atom stereocenters. The summed E-state index contributed by atoms with van der Waals surface area (Å²) in [7, 11) is 0. The second-order valence-corrected chi connectivity index (χ2v) is 5.27. The lowest BCUT2D eigenvalue weighted by Gasteiger charge is -2.38. The van der Waals surface area contributed by atoms with E-state index in [-0.39, 0.29) is 11.8 Å². The van der Waals surface area contributed by atoms with Gasteiger partial charge in [-0.25, -0.2) is 10.1 Å². The normalized spacial score (nSPS) is 26.0. The van der Waals surface area contributed by atoms with Gasteiger partial charge in [-0.1, -0.05) is 38.1 Å². The van der Waals surface area contributed by atoms with Crippen molar-refractivity contribution in [1.82, 2.24) is 0 Å². The highest BCUT2D eigenvalue weighted by Gasteiger charge is 2.41. The van der Waals surface area contributed by atoms with Gasteiger partial charge >= 0.3 is 6.18 Å². The SMILES string of the molecule is CC(C)C1c2ccccc2C(OO)OC1OCC(F)(F)F. The molecule has 1 N–H and O–H groups in total. The molecule has 0 amide bonds. The van der Waals surface area contributed by atoms with Crippen LogP contribution in [-0.4, -0.2) is 24.3 Å². The van der Waals surface area contributed by atoms with Gasteiger partial charge in [0.1, 0.15) is 6.61 Å². The highest BCUT2D eigenvalue weighted by Crippen LogP contribution is 2.42. The lowest BCUT2D eigenvalue weighted by Crippen LogP contribution is -2.38. The minimum Gasteiger partial charge on any atom is -0.342 e. The Kier molecular flexibility index (Phi) is 4.88. The average Bonchev–Trinajstić information content (AvgIpc) is 2.42. The van der Waals surface area contributed by atoms with Crippen LogP contribution in [0.3, 0.4) is 0 Å². The molecule has 2 rings (SSSR count). The minimum atomic E-state index is -4.45. The number of rotatable bonds is 4. The third-order valence-corrected chi connectivity index (χ3v) is 3.39. The third kappa shape index (κ3) is 3.74. The van der Waals surface area contributed by atoms with Gasteiger partial charge < -0.3 is 9.47 Å². The van der Waals surface area contributed by atoms with Gasteiger partial charge in [-0.15, -0.1) is 0 Å². The first-order valence-corrected chi connectivity index (χ1v) is 6.56. The molecule has 0 bridgehead atoms. The lowest BCUT2D eigenvalue weighted by molar-refractivity contribution is -0.391. The fraction of sp³-hybridized carbons (Fsp3) is 0.571. The molecule has 1 aromatic rings. The highest BCUT2D eigenvalue weighted by molar-refractivity contribution is 5.34. The van der Waals surface area contributed by atoms with E-state index in [0.29, 0.717) is 5.56 Å². The number of hydrogen-bond acceptors (Lipinski definition) is 4. The summed E-state index contributed by atoms with van der Waals surface area (Å²) in [6.45, 7) is 2.32. The summed E-state index contributed by atoms with van der Waals surface area (Å²) in [5.41, 5.74) is 1.34. The molecule has 0 aromatic heterocycles. The maximum absolute atomic E-state index is 12.4. The van der Waals surface area contributed by atoms with Crippen LogP contribution in [0.25, 0.3) is 0 Å². The molecule has 0 spiro atoms. The van der Waals surface area contributed by atoms with E-state index in [1.807, 2.05) is 13.8 Å². The highest BCUT2D eigenvalue weighted by atomic mass is 19.4. The van der Waals surface area contributed by atoms with E-state index in [2.05, 4.69) is 4.89 Å². The van der Waals surface area contributed by atoms with Crippen molar-refractivity contribution in [1.29, 1.82) is 0 Å². The second kappa shape index (κ2) is 6.31. The Morgan fingerprint density at radius 3 is 2.38 bits per heavy atom. The molecule has 118 valence electrons. The first kappa shape index (κ1) is 16.2. The van der Waals surface area contributed by atoms with Crippen molar-refractivity contribution < 1.29 is 32.8 Å². The van der Waals surface area contributed by atoms with Crippen molar-refractivity contribution >= 4 is 0 Å². The number of alkyl halides is 3. The molecule has 21 heavy (non-hydrogen) atoms. The van der Waals surface area contributed by atoms with E-state index >= 15 is 0 Å². The first-order valence-electron chi connectivity index (χ1n) is 6.56. The molecule has 4 nitrogen and oxygen atoms in total. The Balaban J connectivity index is 2.29. The molecule has 1 aromatic carbocycles. The van der Waals surface area contributed by atoms with Crippen molar-refractivity contribution in [2.24, 2.45) is 5.92 Å². The van der Waals surface area contributed by atoms with E-state index in [1.54, 1.807) is 24.3 Å². The second-order valence-electron chi connectivity index (χ2n) is 5.27. The van der Waals surface area contributed by atoms with Crippen LogP contribution in [0.4, 0.5) is 13.2 Å². The Bertz CT molecular complexity index is 476. The number of ether oxygens (including phenoxy) is 2. The van der Waals surface area contributed by atoms with Crippen LogP contribution >= 0.6 is 0 Å². The van der Waals surface area contributed by atoms with Crippen molar-refractivity contribution in [3.05, 3.63) is 35.4 Å². The number of benzene rings is 1. The molecular formula is C14H17F3O4. The predicted octanol–water partition coefficient (Wildman–Crippen LogP) is 3.85.